The highest BCUT2D eigenvalue weighted by atomic mass is 19.1. The van der Waals surface area contributed by atoms with E-state index in [1.165, 1.54) is 12.3 Å². The topological polar surface area (TPSA) is 54.7 Å². The summed E-state index contributed by atoms with van der Waals surface area (Å²) in [7, 11) is 0. The van der Waals surface area contributed by atoms with E-state index in [-0.39, 0.29) is 17.1 Å². The first-order valence-corrected chi connectivity index (χ1v) is 8.51. The molecule has 2 atom stereocenters. The van der Waals surface area contributed by atoms with E-state index in [0.29, 0.717) is 43.5 Å². The molecule has 2 aliphatic rings. The minimum Gasteiger partial charge on any atom is -0.459 e. The van der Waals surface area contributed by atoms with Gasteiger partial charge in [0.2, 0.25) is 0 Å². The summed E-state index contributed by atoms with van der Waals surface area (Å²) in [5.74, 6) is 0.276. The molecule has 3 heterocycles. The number of nitrogens with zero attached hydrogens (tertiary/aromatic N) is 1. The third kappa shape index (κ3) is 3.19. The van der Waals surface area contributed by atoms with Crippen LogP contribution in [0.3, 0.4) is 0 Å². The Balaban J connectivity index is 1.42. The Hall–Kier alpha value is -2.18. The highest BCUT2D eigenvalue weighted by Crippen LogP contribution is 2.41. The highest BCUT2D eigenvalue weighted by Gasteiger charge is 2.50. The van der Waals surface area contributed by atoms with Crippen molar-refractivity contribution in [1.29, 1.82) is 0 Å². The molecule has 0 saturated carbocycles. The van der Waals surface area contributed by atoms with Gasteiger partial charge in [0.1, 0.15) is 5.82 Å². The largest absolute Gasteiger partial charge is 0.459 e. The number of carbonyl (C=O) groups excluding carboxylic acids is 1. The lowest BCUT2D eigenvalue weighted by atomic mass is 9.81. The number of furan rings is 1. The molecule has 0 radical (unpaired) electrons. The number of amides is 1. The lowest BCUT2D eigenvalue weighted by molar-refractivity contribution is 0.0877. The fourth-order valence-corrected chi connectivity index (χ4v) is 3.93. The molecule has 0 unspecified atom stereocenters. The third-order valence-corrected chi connectivity index (χ3v) is 5.29. The van der Waals surface area contributed by atoms with E-state index >= 15 is 0 Å². The Bertz CT molecular complexity index is 749. The van der Waals surface area contributed by atoms with Gasteiger partial charge in [0.25, 0.3) is 5.91 Å². The summed E-state index contributed by atoms with van der Waals surface area (Å²) in [6.45, 7) is 4.05. The molecule has 132 valence electrons. The van der Waals surface area contributed by atoms with Crippen LogP contribution in [0, 0.1) is 17.2 Å². The van der Waals surface area contributed by atoms with Gasteiger partial charge in [0.05, 0.1) is 19.5 Å². The van der Waals surface area contributed by atoms with E-state index in [4.69, 9.17) is 9.15 Å². The Kier molecular flexibility index (Phi) is 4.31. The zero-order valence-corrected chi connectivity index (χ0v) is 13.9. The Morgan fingerprint density at radius 2 is 2.20 bits per heavy atom. The van der Waals surface area contributed by atoms with Crippen molar-refractivity contribution in [2.24, 2.45) is 11.3 Å². The van der Waals surface area contributed by atoms with Gasteiger partial charge in [-0.15, -0.1) is 0 Å². The fraction of sp³-hybridized carbons (Fsp3) is 0.421. The van der Waals surface area contributed by atoms with Crippen LogP contribution in [0.25, 0.3) is 0 Å². The van der Waals surface area contributed by atoms with Gasteiger partial charge in [-0.1, -0.05) is 18.2 Å². The van der Waals surface area contributed by atoms with Gasteiger partial charge < -0.3 is 14.5 Å². The Morgan fingerprint density at radius 1 is 1.32 bits per heavy atom. The van der Waals surface area contributed by atoms with E-state index in [2.05, 4.69) is 10.2 Å². The molecule has 2 aromatic rings. The first-order valence-electron chi connectivity index (χ1n) is 8.51. The summed E-state index contributed by atoms with van der Waals surface area (Å²) >= 11 is 0. The second kappa shape index (κ2) is 6.61. The summed E-state index contributed by atoms with van der Waals surface area (Å²) in [6, 6.07) is 10.2. The molecule has 6 heteroatoms. The van der Waals surface area contributed by atoms with Crippen molar-refractivity contribution in [1.82, 2.24) is 10.2 Å². The van der Waals surface area contributed by atoms with Crippen molar-refractivity contribution in [2.75, 3.05) is 32.8 Å². The first-order chi connectivity index (χ1) is 12.2. The summed E-state index contributed by atoms with van der Waals surface area (Å²) in [6.07, 6.45) is 1.49. The molecule has 1 amide bonds. The van der Waals surface area contributed by atoms with Crippen LogP contribution in [0.2, 0.25) is 0 Å². The van der Waals surface area contributed by atoms with Crippen LogP contribution in [-0.2, 0) is 11.3 Å². The minimum atomic E-state index is -0.211. The number of hydrogen-bond donors (Lipinski definition) is 1. The van der Waals surface area contributed by atoms with Crippen LogP contribution in [0.4, 0.5) is 4.39 Å². The average Bonchev–Trinajstić information content (AvgIpc) is 3.30. The number of rotatable bonds is 5. The summed E-state index contributed by atoms with van der Waals surface area (Å²) < 4.78 is 24.7. The van der Waals surface area contributed by atoms with Crippen molar-refractivity contribution >= 4 is 5.91 Å². The lowest BCUT2D eigenvalue weighted by Gasteiger charge is -2.27. The van der Waals surface area contributed by atoms with Gasteiger partial charge in [-0.05, 0) is 18.2 Å². The minimum absolute atomic E-state index is 0.118. The number of nitrogens with one attached hydrogen (secondary N) is 1. The standard InChI is InChI=1S/C19H21FN2O3/c20-16-5-2-1-4-14(16)8-22-9-15-10-24-13-19(15,12-22)11-21-18(23)17-6-3-7-25-17/h1-7,15H,8-13H2,(H,21,23)/t15-,19+/m1/s1. The summed E-state index contributed by atoms with van der Waals surface area (Å²) in [5, 5.41) is 2.97. The number of halogens is 1. The molecule has 0 bridgehead atoms. The smallest absolute Gasteiger partial charge is 0.286 e. The van der Waals surface area contributed by atoms with Crippen LogP contribution in [0.1, 0.15) is 16.1 Å². The van der Waals surface area contributed by atoms with Crippen molar-refractivity contribution < 1.29 is 18.3 Å². The maximum atomic E-state index is 13.9. The van der Waals surface area contributed by atoms with Gasteiger partial charge in [-0.2, -0.15) is 0 Å². The van der Waals surface area contributed by atoms with E-state index in [1.54, 1.807) is 18.2 Å². The van der Waals surface area contributed by atoms with Crippen LogP contribution >= 0.6 is 0 Å². The zero-order chi connectivity index (χ0) is 17.3. The zero-order valence-electron chi connectivity index (χ0n) is 13.9. The number of hydrogen-bond acceptors (Lipinski definition) is 4. The van der Waals surface area contributed by atoms with E-state index in [0.717, 1.165) is 13.1 Å². The van der Waals surface area contributed by atoms with Crippen LogP contribution in [0.5, 0.6) is 0 Å². The first kappa shape index (κ1) is 16.3. The van der Waals surface area contributed by atoms with Crippen molar-refractivity contribution in [3.05, 3.63) is 59.8 Å². The number of carbonyl (C=O) groups is 1. The number of likely N-dealkylation sites (tertiary alicyclic amines) is 1. The molecule has 1 aromatic heterocycles. The number of benzene rings is 1. The molecule has 1 aromatic carbocycles. The second-order valence-electron chi connectivity index (χ2n) is 7.00. The van der Waals surface area contributed by atoms with Crippen LogP contribution in [0.15, 0.2) is 47.1 Å². The number of ether oxygens (including phenoxy) is 1. The van der Waals surface area contributed by atoms with Gasteiger partial charge >= 0.3 is 0 Å². The van der Waals surface area contributed by atoms with Crippen LogP contribution < -0.4 is 5.32 Å². The maximum absolute atomic E-state index is 13.9. The molecule has 25 heavy (non-hydrogen) atoms. The van der Waals surface area contributed by atoms with Gasteiger partial charge in [0, 0.05) is 43.1 Å². The van der Waals surface area contributed by atoms with Crippen molar-refractivity contribution in [3.8, 4) is 0 Å². The Morgan fingerprint density at radius 3 is 3.00 bits per heavy atom. The second-order valence-corrected chi connectivity index (χ2v) is 7.00. The molecule has 0 spiro atoms. The van der Waals surface area contributed by atoms with Crippen LogP contribution in [-0.4, -0.2) is 43.7 Å². The van der Waals surface area contributed by atoms with Crippen molar-refractivity contribution in [3.63, 3.8) is 0 Å². The summed E-state index contributed by atoms with van der Waals surface area (Å²) in [5.41, 5.74) is 0.589. The van der Waals surface area contributed by atoms with Gasteiger partial charge in [-0.25, -0.2) is 4.39 Å². The van der Waals surface area contributed by atoms with Gasteiger partial charge in [-0.3, -0.25) is 9.69 Å². The molecular weight excluding hydrogens is 323 g/mol. The van der Waals surface area contributed by atoms with Gasteiger partial charge in [0.15, 0.2) is 5.76 Å². The van der Waals surface area contributed by atoms with E-state index in [1.807, 2.05) is 12.1 Å². The predicted molar refractivity (Wildman–Crippen MR) is 89.5 cm³/mol. The predicted octanol–water partition coefficient (Wildman–Crippen LogP) is 2.30. The molecule has 2 saturated heterocycles. The molecular formula is C19H21FN2O3. The Labute approximate surface area is 145 Å². The molecule has 1 N–H and O–H groups in total. The third-order valence-electron chi connectivity index (χ3n) is 5.29. The van der Waals surface area contributed by atoms with E-state index in [9.17, 15) is 9.18 Å². The molecule has 4 rings (SSSR count). The summed E-state index contributed by atoms with van der Waals surface area (Å²) in [4.78, 5) is 14.4. The number of fused-ring (bicyclic) bond motifs is 1. The quantitative estimate of drug-likeness (QED) is 0.904. The average molecular weight is 344 g/mol. The normalized spacial score (nSPS) is 25.9. The molecule has 0 aliphatic carbocycles. The molecule has 2 aliphatic heterocycles. The maximum Gasteiger partial charge on any atom is 0.286 e. The monoisotopic (exact) mass is 344 g/mol. The fourth-order valence-electron chi connectivity index (χ4n) is 3.93. The molecule has 2 fully saturated rings. The lowest BCUT2D eigenvalue weighted by Crippen LogP contribution is -2.43. The highest BCUT2D eigenvalue weighted by molar-refractivity contribution is 5.91. The molecule has 5 nitrogen and oxygen atoms in total. The van der Waals surface area contributed by atoms with Crippen molar-refractivity contribution in [2.45, 2.75) is 6.54 Å². The SMILES string of the molecule is O=C(NC[C@]12COC[C@H]1CN(Cc1ccccc1F)C2)c1ccco1. The van der Waals surface area contributed by atoms with E-state index < -0.39 is 0 Å².